The third-order valence-electron chi connectivity index (χ3n) is 2.93. The van der Waals surface area contributed by atoms with Crippen LogP contribution in [-0.4, -0.2) is 31.0 Å². The van der Waals surface area contributed by atoms with E-state index in [2.05, 4.69) is 11.8 Å². The summed E-state index contributed by atoms with van der Waals surface area (Å²) in [6.45, 7) is 3.87. The number of carbonyl (C=O) groups is 1. The molecule has 3 nitrogen and oxygen atoms in total. The molecule has 1 aromatic carbocycles. The highest BCUT2D eigenvalue weighted by molar-refractivity contribution is 5.69. The average Bonchev–Trinajstić information content (AvgIpc) is 2.35. The van der Waals surface area contributed by atoms with Crippen molar-refractivity contribution in [1.29, 1.82) is 0 Å². The van der Waals surface area contributed by atoms with Crippen LogP contribution in [0.3, 0.4) is 0 Å². The summed E-state index contributed by atoms with van der Waals surface area (Å²) in [4.78, 5) is 13.5. The van der Waals surface area contributed by atoms with Crippen molar-refractivity contribution in [2.75, 3.05) is 14.1 Å². The number of likely N-dealkylation sites (N-methyl/N-ethyl adjacent to an activating group) is 1. The first kappa shape index (κ1) is 13.7. The lowest BCUT2D eigenvalue weighted by atomic mass is 10.0. The zero-order chi connectivity index (χ0) is 12.8. The highest BCUT2D eigenvalue weighted by Gasteiger charge is 2.24. The van der Waals surface area contributed by atoms with E-state index in [-0.39, 0.29) is 18.1 Å². The summed E-state index contributed by atoms with van der Waals surface area (Å²) >= 11 is 0. The largest absolute Gasteiger partial charge is 0.456 e. The summed E-state index contributed by atoms with van der Waals surface area (Å²) in [5.74, 6) is -0.160. The van der Waals surface area contributed by atoms with E-state index in [1.165, 1.54) is 0 Å². The molecule has 0 radical (unpaired) electrons. The minimum absolute atomic E-state index is 0.146. The molecule has 2 unspecified atom stereocenters. The van der Waals surface area contributed by atoms with Gasteiger partial charge in [0.05, 0.1) is 0 Å². The predicted molar refractivity (Wildman–Crippen MR) is 68.7 cm³/mol. The first-order valence-electron chi connectivity index (χ1n) is 5.97. The summed E-state index contributed by atoms with van der Waals surface area (Å²) < 4.78 is 5.53. The third-order valence-corrected chi connectivity index (χ3v) is 2.93. The summed E-state index contributed by atoms with van der Waals surface area (Å²) in [5.41, 5.74) is 1.04. The number of carbonyl (C=O) groups excluding carboxylic acids is 1. The van der Waals surface area contributed by atoms with Crippen LogP contribution in [0.1, 0.15) is 31.9 Å². The minimum atomic E-state index is -0.210. The SMILES string of the molecule is CCC(=O)OC(c1ccccc1)C(C)N(C)C. The lowest BCUT2D eigenvalue weighted by Crippen LogP contribution is -2.33. The van der Waals surface area contributed by atoms with Gasteiger partial charge in [0.2, 0.25) is 0 Å². The molecule has 1 aromatic rings. The fourth-order valence-electron chi connectivity index (χ4n) is 1.58. The summed E-state index contributed by atoms with van der Waals surface area (Å²) in [7, 11) is 3.97. The average molecular weight is 235 g/mol. The van der Waals surface area contributed by atoms with Crippen molar-refractivity contribution >= 4 is 5.97 Å². The topological polar surface area (TPSA) is 29.5 Å². The fourth-order valence-corrected chi connectivity index (χ4v) is 1.58. The Kier molecular flexibility index (Phi) is 5.16. The van der Waals surface area contributed by atoms with Crippen LogP contribution in [0, 0.1) is 0 Å². The molecule has 0 spiro atoms. The third kappa shape index (κ3) is 3.86. The number of hydrogen-bond acceptors (Lipinski definition) is 3. The number of nitrogens with zero attached hydrogens (tertiary/aromatic N) is 1. The Morgan fingerprint density at radius 1 is 1.29 bits per heavy atom. The van der Waals surface area contributed by atoms with Crippen LogP contribution in [0.4, 0.5) is 0 Å². The molecular weight excluding hydrogens is 214 g/mol. The Bertz CT molecular complexity index is 348. The molecule has 0 aliphatic carbocycles. The molecule has 0 saturated carbocycles. The van der Waals surface area contributed by atoms with E-state index >= 15 is 0 Å². The van der Waals surface area contributed by atoms with Gasteiger partial charge in [-0.15, -0.1) is 0 Å². The van der Waals surface area contributed by atoms with Crippen molar-refractivity contribution in [2.24, 2.45) is 0 Å². The molecule has 0 heterocycles. The Morgan fingerprint density at radius 2 is 1.88 bits per heavy atom. The van der Waals surface area contributed by atoms with E-state index in [0.29, 0.717) is 6.42 Å². The molecule has 1 rings (SSSR count). The van der Waals surface area contributed by atoms with Crippen LogP contribution < -0.4 is 0 Å². The van der Waals surface area contributed by atoms with Crippen molar-refractivity contribution < 1.29 is 9.53 Å². The predicted octanol–water partition coefficient (Wildman–Crippen LogP) is 2.63. The van der Waals surface area contributed by atoms with Gasteiger partial charge in [0.15, 0.2) is 0 Å². The van der Waals surface area contributed by atoms with E-state index in [1.807, 2.05) is 51.4 Å². The second kappa shape index (κ2) is 6.40. The van der Waals surface area contributed by atoms with Gasteiger partial charge in [-0.25, -0.2) is 0 Å². The summed E-state index contributed by atoms with van der Waals surface area (Å²) in [5, 5.41) is 0. The normalized spacial score (nSPS) is 14.4. The quantitative estimate of drug-likeness (QED) is 0.735. The van der Waals surface area contributed by atoms with E-state index in [9.17, 15) is 4.79 Å². The number of rotatable bonds is 5. The Labute approximate surface area is 103 Å². The van der Waals surface area contributed by atoms with Crippen molar-refractivity contribution in [3.05, 3.63) is 35.9 Å². The van der Waals surface area contributed by atoms with Crippen LogP contribution in [-0.2, 0) is 9.53 Å². The van der Waals surface area contributed by atoms with Crippen molar-refractivity contribution in [2.45, 2.75) is 32.4 Å². The number of hydrogen-bond donors (Lipinski definition) is 0. The summed E-state index contributed by atoms with van der Waals surface area (Å²) in [6.07, 6.45) is 0.197. The second-order valence-electron chi connectivity index (χ2n) is 4.38. The molecule has 0 aliphatic heterocycles. The zero-order valence-corrected chi connectivity index (χ0v) is 11.0. The lowest BCUT2D eigenvalue weighted by molar-refractivity contribution is -0.152. The lowest BCUT2D eigenvalue weighted by Gasteiger charge is -2.29. The maximum absolute atomic E-state index is 11.5. The van der Waals surface area contributed by atoms with E-state index in [1.54, 1.807) is 0 Å². The van der Waals surface area contributed by atoms with E-state index in [0.717, 1.165) is 5.56 Å². The standard InChI is InChI=1S/C14H21NO2/c1-5-13(16)17-14(11(2)15(3)4)12-9-7-6-8-10-12/h6-11,14H,5H2,1-4H3. The van der Waals surface area contributed by atoms with Crippen LogP contribution >= 0.6 is 0 Å². The molecule has 0 N–H and O–H groups in total. The van der Waals surface area contributed by atoms with Gasteiger partial charge >= 0.3 is 5.97 Å². The molecule has 17 heavy (non-hydrogen) atoms. The van der Waals surface area contributed by atoms with Crippen LogP contribution in [0.15, 0.2) is 30.3 Å². The van der Waals surface area contributed by atoms with Gasteiger partial charge in [0, 0.05) is 12.5 Å². The Hall–Kier alpha value is -1.35. The van der Waals surface area contributed by atoms with Crippen molar-refractivity contribution in [3.63, 3.8) is 0 Å². The number of esters is 1. The molecule has 0 aromatic heterocycles. The maximum Gasteiger partial charge on any atom is 0.306 e. The number of ether oxygens (including phenoxy) is 1. The highest BCUT2D eigenvalue weighted by atomic mass is 16.5. The minimum Gasteiger partial charge on any atom is -0.456 e. The van der Waals surface area contributed by atoms with Gasteiger partial charge < -0.3 is 9.64 Å². The molecule has 94 valence electrons. The van der Waals surface area contributed by atoms with Crippen LogP contribution in [0.2, 0.25) is 0 Å². The first-order valence-corrected chi connectivity index (χ1v) is 5.97. The van der Waals surface area contributed by atoms with Gasteiger partial charge in [-0.2, -0.15) is 0 Å². The fraction of sp³-hybridized carbons (Fsp3) is 0.500. The van der Waals surface area contributed by atoms with Gasteiger partial charge in [-0.1, -0.05) is 37.3 Å². The maximum atomic E-state index is 11.5. The van der Waals surface area contributed by atoms with Gasteiger partial charge in [0.1, 0.15) is 6.10 Å². The van der Waals surface area contributed by atoms with E-state index in [4.69, 9.17) is 4.74 Å². The summed E-state index contributed by atoms with van der Waals surface area (Å²) in [6, 6.07) is 10.0. The van der Waals surface area contributed by atoms with Gasteiger partial charge in [0.25, 0.3) is 0 Å². The van der Waals surface area contributed by atoms with E-state index < -0.39 is 0 Å². The van der Waals surface area contributed by atoms with Crippen LogP contribution in [0.5, 0.6) is 0 Å². The molecule has 0 aliphatic rings. The molecule has 0 fully saturated rings. The van der Waals surface area contributed by atoms with Crippen molar-refractivity contribution in [3.8, 4) is 0 Å². The van der Waals surface area contributed by atoms with Gasteiger partial charge in [-0.05, 0) is 26.6 Å². The Morgan fingerprint density at radius 3 is 2.35 bits per heavy atom. The molecular formula is C14H21NO2. The van der Waals surface area contributed by atoms with Crippen LogP contribution in [0.25, 0.3) is 0 Å². The molecule has 0 amide bonds. The zero-order valence-electron chi connectivity index (χ0n) is 11.0. The second-order valence-corrected chi connectivity index (χ2v) is 4.38. The van der Waals surface area contributed by atoms with Gasteiger partial charge in [-0.3, -0.25) is 4.79 Å². The molecule has 3 heteroatoms. The molecule has 0 saturated heterocycles. The molecule has 0 bridgehead atoms. The number of benzene rings is 1. The van der Waals surface area contributed by atoms with Crippen molar-refractivity contribution in [1.82, 2.24) is 4.90 Å². The first-order chi connectivity index (χ1) is 8.06. The monoisotopic (exact) mass is 235 g/mol. The highest BCUT2D eigenvalue weighted by Crippen LogP contribution is 2.24. The molecule has 2 atom stereocenters. The Balaban J connectivity index is 2.90. The smallest absolute Gasteiger partial charge is 0.306 e.